The summed E-state index contributed by atoms with van der Waals surface area (Å²) in [5, 5.41) is 8.81. The number of hydrogen-bond donors (Lipinski definition) is 0. The van der Waals surface area contributed by atoms with E-state index in [1.165, 1.54) is 12.8 Å². The van der Waals surface area contributed by atoms with E-state index in [4.69, 9.17) is 5.26 Å². The van der Waals surface area contributed by atoms with Crippen LogP contribution in [0.15, 0.2) is 18.3 Å². The summed E-state index contributed by atoms with van der Waals surface area (Å²) in [7, 11) is 0. The average Bonchev–Trinajstić information content (AvgIpc) is 3.41. The summed E-state index contributed by atoms with van der Waals surface area (Å²) in [6, 6.07) is 6.28. The number of amides is 1. The summed E-state index contributed by atoms with van der Waals surface area (Å²) < 4.78 is 0. The Hall–Kier alpha value is -2.09. The lowest BCUT2D eigenvalue weighted by molar-refractivity contribution is -0.136. The molecule has 0 N–H and O–H groups in total. The third-order valence-electron chi connectivity index (χ3n) is 4.66. The first-order chi connectivity index (χ1) is 10.7. The molecule has 2 heterocycles. The van der Waals surface area contributed by atoms with Gasteiger partial charge in [-0.05, 0) is 44.7 Å². The highest BCUT2D eigenvalue weighted by Crippen LogP contribution is 2.30. The molecular formula is C17H22N4O. The molecule has 1 aliphatic carbocycles. The Kier molecular flexibility index (Phi) is 4.28. The Morgan fingerprint density at radius 1 is 1.36 bits per heavy atom. The Bertz CT molecular complexity index is 565. The van der Waals surface area contributed by atoms with E-state index >= 15 is 0 Å². The third kappa shape index (κ3) is 3.06. The SMILES string of the molecule is CCN(C(=O)C1CCN(c2ccc(C#N)cn2)CC1)C1CC1. The van der Waals surface area contributed by atoms with Crippen LogP contribution in [-0.2, 0) is 4.79 Å². The molecule has 5 nitrogen and oxygen atoms in total. The van der Waals surface area contributed by atoms with Crippen molar-refractivity contribution >= 4 is 11.7 Å². The minimum Gasteiger partial charge on any atom is -0.357 e. The number of nitriles is 1. The highest BCUT2D eigenvalue weighted by atomic mass is 16.2. The molecule has 0 atom stereocenters. The fourth-order valence-corrected chi connectivity index (χ4v) is 3.21. The first-order valence-corrected chi connectivity index (χ1v) is 8.14. The van der Waals surface area contributed by atoms with E-state index in [0.717, 1.165) is 38.3 Å². The second-order valence-electron chi connectivity index (χ2n) is 6.13. The number of carbonyl (C=O) groups excluding carboxylic acids is 1. The molecule has 2 aliphatic rings. The Balaban J connectivity index is 1.57. The predicted molar refractivity (Wildman–Crippen MR) is 84.3 cm³/mol. The number of carbonyl (C=O) groups is 1. The molecule has 1 aromatic heterocycles. The molecule has 0 radical (unpaired) electrons. The molecule has 1 aromatic rings. The van der Waals surface area contributed by atoms with Gasteiger partial charge in [-0.15, -0.1) is 0 Å². The second-order valence-corrected chi connectivity index (χ2v) is 6.13. The van der Waals surface area contributed by atoms with Crippen molar-refractivity contribution in [2.75, 3.05) is 24.5 Å². The number of anilines is 1. The van der Waals surface area contributed by atoms with Crippen molar-refractivity contribution in [1.29, 1.82) is 5.26 Å². The fraction of sp³-hybridized carbons (Fsp3) is 0.588. The highest BCUT2D eigenvalue weighted by molar-refractivity contribution is 5.79. The van der Waals surface area contributed by atoms with Crippen molar-refractivity contribution in [2.45, 2.75) is 38.6 Å². The quantitative estimate of drug-likeness (QED) is 0.855. The normalized spacial score (nSPS) is 18.8. The molecule has 116 valence electrons. The zero-order valence-corrected chi connectivity index (χ0v) is 13.0. The summed E-state index contributed by atoms with van der Waals surface area (Å²) in [6.45, 7) is 4.63. The van der Waals surface area contributed by atoms with E-state index < -0.39 is 0 Å². The van der Waals surface area contributed by atoms with Gasteiger partial charge in [0.15, 0.2) is 0 Å². The first kappa shape index (κ1) is 14.8. The predicted octanol–water partition coefficient (Wildman–Crippen LogP) is 2.18. The van der Waals surface area contributed by atoms with Gasteiger partial charge in [-0.2, -0.15) is 5.26 Å². The van der Waals surface area contributed by atoms with Crippen LogP contribution in [0.5, 0.6) is 0 Å². The summed E-state index contributed by atoms with van der Waals surface area (Å²) in [4.78, 5) is 21.2. The summed E-state index contributed by atoms with van der Waals surface area (Å²) >= 11 is 0. The molecular weight excluding hydrogens is 276 g/mol. The van der Waals surface area contributed by atoms with E-state index in [-0.39, 0.29) is 5.92 Å². The molecule has 1 aliphatic heterocycles. The summed E-state index contributed by atoms with van der Waals surface area (Å²) in [6.07, 6.45) is 5.74. The Morgan fingerprint density at radius 3 is 2.59 bits per heavy atom. The second kappa shape index (κ2) is 6.35. The van der Waals surface area contributed by atoms with Crippen molar-refractivity contribution in [1.82, 2.24) is 9.88 Å². The third-order valence-corrected chi connectivity index (χ3v) is 4.66. The van der Waals surface area contributed by atoms with E-state index in [0.29, 0.717) is 17.5 Å². The van der Waals surface area contributed by atoms with Crippen LogP contribution >= 0.6 is 0 Å². The van der Waals surface area contributed by atoms with Crippen LogP contribution in [0.1, 0.15) is 38.2 Å². The van der Waals surface area contributed by atoms with Crippen molar-refractivity contribution in [3.63, 3.8) is 0 Å². The molecule has 1 amide bonds. The lowest BCUT2D eigenvalue weighted by atomic mass is 9.95. The van der Waals surface area contributed by atoms with Gasteiger partial charge in [0.05, 0.1) is 5.56 Å². The Morgan fingerprint density at radius 2 is 2.09 bits per heavy atom. The van der Waals surface area contributed by atoms with Gasteiger partial charge in [-0.25, -0.2) is 4.98 Å². The largest absolute Gasteiger partial charge is 0.357 e. The lowest BCUT2D eigenvalue weighted by Gasteiger charge is -2.34. The number of hydrogen-bond acceptors (Lipinski definition) is 4. The van der Waals surface area contributed by atoms with Crippen LogP contribution < -0.4 is 4.90 Å². The number of aromatic nitrogens is 1. The van der Waals surface area contributed by atoms with E-state index in [9.17, 15) is 4.79 Å². The maximum Gasteiger partial charge on any atom is 0.226 e. The smallest absolute Gasteiger partial charge is 0.226 e. The maximum absolute atomic E-state index is 12.6. The monoisotopic (exact) mass is 298 g/mol. The van der Waals surface area contributed by atoms with Gasteiger partial charge in [-0.3, -0.25) is 4.79 Å². The van der Waals surface area contributed by atoms with Gasteiger partial charge < -0.3 is 9.80 Å². The summed E-state index contributed by atoms with van der Waals surface area (Å²) in [5.74, 6) is 1.41. The van der Waals surface area contributed by atoms with Crippen molar-refractivity contribution in [3.8, 4) is 6.07 Å². The lowest BCUT2D eigenvalue weighted by Crippen LogP contribution is -2.43. The number of pyridine rings is 1. The van der Waals surface area contributed by atoms with Gasteiger partial charge in [0.25, 0.3) is 0 Å². The fourth-order valence-electron chi connectivity index (χ4n) is 3.21. The van der Waals surface area contributed by atoms with Gasteiger partial charge in [0, 0.05) is 37.8 Å². The molecule has 5 heteroatoms. The van der Waals surface area contributed by atoms with Crippen LogP contribution in [0, 0.1) is 17.2 Å². The molecule has 0 bridgehead atoms. The number of rotatable bonds is 4. The standard InChI is InChI=1S/C17H22N4O/c1-2-21(15-4-5-15)17(22)14-7-9-20(10-8-14)16-6-3-13(11-18)12-19-16/h3,6,12,14-15H,2,4-5,7-10H2,1H3. The van der Waals surface area contributed by atoms with E-state index in [2.05, 4.69) is 27.8 Å². The van der Waals surface area contributed by atoms with E-state index in [1.54, 1.807) is 12.3 Å². The van der Waals surface area contributed by atoms with Crippen LogP contribution in [0.25, 0.3) is 0 Å². The van der Waals surface area contributed by atoms with Gasteiger partial charge in [0.1, 0.15) is 11.9 Å². The zero-order chi connectivity index (χ0) is 15.5. The number of nitrogens with zero attached hydrogens (tertiary/aromatic N) is 4. The Labute approximate surface area is 131 Å². The molecule has 0 aromatic carbocycles. The molecule has 22 heavy (non-hydrogen) atoms. The van der Waals surface area contributed by atoms with Gasteiger partial charge >= 0.3 is 0 Å². The van der Waals surface area contributed by atoms with Crippen LogP contribution in [-0.4, -0.2) is 41.5 Å². The zero-order valence-electron chi connectivity index (χ0n) is 13.0. The summed E-state index contributed by atoms with van der Waals surface area (Å²) in [5.41, 5.74) is 0.580. The average molecular weight is 298 g/mol. The highest BCUT2D eigenvalue weighted by Gasteiger charge is 2.36. The topological polar surface area (TPSA) is 60.2 Å². The molecule has 1 saturated heterocycles. The molecule has 2 fully saturated rings. The van der Waals surface area contributed by atoms with Crippen LogP contribution in [0.3, 0.4) is 0 Å². The van der Waals surface area contributed by atoms with Gasteiger partial charge in [-0.1, -0.05) is 0 Å². The maximum atomic E-state index is 12.6. The molecule has 0 spiro atoms. The number of piperidine rings is 1. The van der Waals surface area contributed by atoms with E-state index in [1.807, 2.05) is 6.07 Å². The minimum atomic E-state index is 0.162. The minimum absolute atomic E-state index is 0.162. The van der Waals surface area contributed by atoms with Crippen molar-refractivity contribution in [2.24, 2.45) is 5.92 Å². The molecule has 1 saturated carbocycles. The van der Waals surface area contributed by atoms with Crippen LogP contribution in [0.2, 0.25) is 0 Å². The first-order valence-electron chi connectivity index (χ1n) is 8.14. The van der Waals surface area contributed by atoms with Gasteiger partial charge in [0.2, 0.25) is 5.91 Å². The molecule has 0 unspecified atom stereocenters. The van der Waals surface area contributed by atoms with Crippen molar-refractivity contribution in [3.05, 3.63) is 23.9 Å². The van der Waals surface area contributed by atoms with Crippen LogP contribution in [0.4, 0.5) is 5.82 Å². The van der Waals surface area contributed by atoms with Crippen molar-refractivity contribution < 1.29 is 4.79 Å². The molecule has 3 rings (SSSR count).